The Labute approximate surface area is 117 Å². The lowest BCUT2D eigenvalue weighted by molar-refractivity contribution is 0.680. The number of aromatic nitrogens is 4. The van der Waals surface area contributed by atoms with E-state index in [1.54, 1.807) is 6.20 Å². The number of nitrogens with one attached hydrogen (secondary N) is 1. The van der Waals surface area contributed by atoms with Crippen LogP contribution in [0.2, 0.25) is 0 Å². The van der Waals surface area contributed by atoms with E-state index >= 15 is 0 Å². The fraction of sp³-hybridized carbons (Fsp3) is 0.0769. The van der Waals surface area contributed by atoms with Crippen LogP contribution < -0.4 is 5.32 Å². The number of anilines is 2. The van der Waals surface area contributed by atoms with Gasteiger partial charge in [-0.2, -0.15) is 0 Å². The first-order valence-electron chi connectivity index (χ1n) is 5.87. The maximum absolute atomic E-state index is 11.5. The number of benzene rings is 1. The quantitative estimate of drug-likeness (QED) is 0.740. The molecule has 6 nitrogen and oxygen atoms in total. The van der Waals surface area contributed by atoms with Crippen molar-refractivity contribution in [1.29, 1.82) is 0 Å². The summed E-state index contributed by atoms with van der Waals surface area (Å²) in [5.74, 6) is 0.565. The molecule has 2 aromatic heterocycles. The number of hydrogen-bond acceptors (Lipinski definition) is 6. The highest BCUT2D eigenvalue weighted by molar-refractivity contribution is 7.84. The van der Waals surface area contributed by atoms with E-state index in [9.17, 15) is 4.21 Å². The Hall–Kier alpha value is -2.41. The predicted octanol–water partition coefficient (Wildman–Crippen LogP) is 1.90. The van der Waals surface area contributed by atoms with Gasteiger partial charge in [0.2, 0.25) is 5.16 Å². The lowest BCUT2D eigenvalue weighted by Gasteiger charge is -2.07. The van der Waals surface area contributed by atoms with Crippen LogP contribution in [0, 0.1) is 0 Å². The Bertz CT molecular complexity index is 778. The summed E-state index contributed by atoms with van der Waals surface area (Å²) < 4.78 is 11.5. The minimum atomic E-state index is -1.25. The van der Waals surface area contributed by atoms with E-state index in [0.717, 1.165) is 5.69 Å². The molecule has 1 atom stereocenters. The van der Waals surface area contributed by atoms with Crippen LogP contribution in [0.5, 0.6) is 0 Å². The molecule has 0 bridgehead atoms. The van der Waals surface area contributed by atoms with Gasteiger partial charge in [0.25, 0.3) is 0 Å². The molecule has 1 aromatic carbocycles. The van der Waals surface area contributed by atoms with Gasteiger partial charge in [-0.15, -0.1) is 0 Å². The molecule has 0 fully saturated rings. The van der Waals surface area contributed by atoms with E-state index in [1.807, 2.05) is 30.3 Å². The maximum atomic E-state index is 11.5. The zero-order valence-corrected chi connectivity index (χ0v) is 11.5. The second-order valence-corrected chi connectivity index (χ2v) is 5.33. The van der Waals surface area contributed by atoms with E-state index in [2.05, 4.69) is 25.3 Å². The fourth-order valence-electron chi connectivity index (χ4n) is 1.73. The molecule has 0 saturated heterocycles. The van der Waals surface area contributed by atoms with Crippen LogP contribution >= 0.6 is 0 Å². The summed E-state index contributed by atoms with van der Waals surface area (Å²) in [5, 5.41) is 3.44. The average molecular weight is 285 g/mol. The van der Waals surface area contributed by atoms with Gasteiger partial charge >= 0.3 is 0 Å². The Balaban J connectivity index is 2.10. The van der Waals surface area contributed by atoms with Crippen LogP contribution in [0.3, 0.4) is 0 Å². The first kappa shape index (κ1) is 12.6. The van der Waals surface area contributed by atoms with Crippen molar-refractivity contribution in [3.05, 3.63) is 42.9 Å². The van der Waals surface area contributed by atoms with Gasteiger partial charge in [-0.3, -0.25) is 4.21 Å². The minimum absolute atomic E-state index is 0.267. The maximum Gasteiger partial charge on any atom is 0.218 e. The zero-order valence-electron chi connectivity index (χ0n) is 10.6. The molecule has 1 N–H and O–H groups in total. The summed E-state index contributed by atoms with van der Waals surface area (Å²) in [5.41, 5.74) is 2.05. The third-order valence-corrected chi connectivity index (χ3v) is 3.36. The molecule has 0 aliphatic carbocycles. The van der Waals surface area contributed by atoms with Gasteiger partial charge in [0.15, 0.2) is 5.82 Å². The van der Waals surface area contributed by atoms with Crippen LogP contribution in [0.15, 0.2) is 48.0 Å². The Morgan fingerprint density at radius 3 is 2.65 bits per heavy atom. The summed E-state index contributed by atoms with van der Waals surface area (Å²) in [6.45, 7) is 0. The monoisotopic (exact) mass is 285 g/mol. The molecular formula is C13H11N5OS. The zero-order chi connectivity index (χ0) is 13.9. The van der Waals surface area contributed by atoms with Gasteiger partial charge < -0.3 is 5.32 Å². The van der Waals surface area contributed by atoms with Crippen LogP contribution in [0.25, 0.3) is 11.0 Å². The Morgan fingerprint density at radius 2 is 1.90 bits per heavy atom. The van der Waals surface area contributed by atoms with Crippen molar-refractivity contribution in [3.8, 4) is 0 Å². The standard InChI is InChI=1S/C13H11N5OS/c1-20(19)13-14-7-10-11(18-13)12(16-8-15-10)17-9-5-3-2-4-6-9/h2-8H,1H3,(H,15,16,17). The van der Waals surface area contributed by atoms with Gasteiger partial charge in [0.1, 0.15) is 17.4 Å². The third kappa shape index (κ3) is 2.48. The van der Waals surface area contributed by atoms with Crippen molar-refractivity contribution in [2.45, 2.75) is 5.16 Å². The predicted molar refractivity (Wildman–Crippen MR) is 77.2 cm³/mol. The van der Waals surface area contributed by atoms with Crippen LogP contribution in [0.4, 0.5) is 11.5 Å². The highest BCUT2D eigenvalue weighted by atomic mass is 32.2. The molecule has 2 heterocycles. The summed E-state index contributed by atoms with van der Waals surface area (Å²) in [4.78, 5) is 16.6. The summed E-state index contributed by atoms with van der Waals surface area (Å²) in [7, 11) is -1.25. The number of rotatable bonds is 3. The van der Waals surface area contributed by atoms with Gasteiger partial charge in [-0.05, 0) is 12.1 Å². The minimum Gasteiger partial charge on any atom is -0.338 e. The smallest absolute Gasteiger partial charge is 0.218 e. The molecule has 20 heavy (non-hydrogen) atoms. The largest absolute Gasteiger partial charge is 0.338 e. The molecule has 7 heteroatoms. The van der Waals surface area contributed by atoms with Crippen molar-refractivity contribution in [3.63, 3.8) is 0 Å². The third-order valence-electron chi connectivity index (χ3n) is 2.65. The van der Waals surface area contributed by atoms with Gasteiger partial charge in [0, 0.05) is 11.9 Å². The number of hydrogen-bond donors (Lipinski definition) is 1. The van der Waals surface area contributed by atoms with Gasteiger partial charge in [-0.25, -0.2) is 19.9 Å². The summed E-state index contributed by atoms with van der Waals surface area (Å²) in [6, 6.07) is 9.63. The molecule has 0 aliphatic heterocycles. The molecule has 0 saturated carbocycles. The van der Waals surface area contributed by atoms with Gasteiger partial charge in [-0.1, -0.05) is 18.2 Å². The second kappa shape index (κ2) is 5.30. The van der Waals surface area contributed by atoms with Gasteiger partial charge in [0.05, 0.1) is 17.0 Å². The first-order chi connectivity index (χ1) is 9.74. The van der Waals surface area contributed by atoms with Crippen LogP contribution in [-0.4, -0.2) is 30.4 Å². The molecule has 0 amide bonds. The first-order valence-corrected chi connectivity index (χ1v) is 7.43. The molecule has 0 spiro atoms. The summed E-state index contributed by atoms with van der Waals surface area (Å²) in [6.07, 6.45) is 4.53. The Kier molecular flexibility index (Phi) is 3.34. The number of para-hydroxylation sites is 1. The fourth-order valence-corrected chi connectivity index (χ4v) is 2.15. The second-order valence-electron chi connectivity index (χ2n) is 4.05. The van der Waals surface area contributed by atoms with Crippen molar-refractivity contribution in [1.82, 2.24) is 19.9 Å². The van der Waals surface area contributed by atoms with Crippen molar-refractivity contribution < 1.29 is 4.21 Å². The lowest BCUT2D eigenvalue weighted by Crippen LogP contribution is -2.02. The van der Waals surface area contributed by atoms with Crippen molar-refractivity contribution in [2.75, 3.05) is 11.6 Å². The van der Waals surface area contributed by atoms with E-state index in [-0.39, 0.29) is 5.16 Å². The normalized spacial score (nSPS) is 12.2. The summed E-state index contributed by atoms with van der Waals surface area (Å²) >= 11 is 0. The van der Waals surface area contributed by atoms with E-state index in [4.69, 9.17) is 0 Å². The topological polar surface area (TPSA) is 80.7 Å². The van der Waals surface area contributed by atoms with Crippen LogP contribution in [0.1, 0.15) is 0 Å². The lowest BCUT2D eigenvalue weighted by atomic mass is 10.3. The molecule has 1 unspecified atom stereocenters. The molecule has 3 aromatic rings. The van der Waals surface area contributed by atoms with Crippen molar-refractivity contribution >= 4 is 33.3 Å². The van der Waals surface area contributed by atoms with E-state index in [1.165, 1.54) is 12.6 Å². The molecular weight excluding hydrogens is 274 g/mol. The highest BCUT2D eigenvalue weighted by Crippen LogP contribution is 2.20. The average Bonchev–Trinajstić information content (AvgIpc) is 2.48. The number of fused-ring (bicyclic) bond motifs is 1. The Morgan fingerprint density at radius 1 is 1.10 bits per heavy atom. The molecule has 0 radical (unpaired) electrons. The molecule has 3 rings (SSSR count). The SMILES string of the molecule is CS(=O)c1ncc2ncnc(Nc3ccccc3)c2n1. The highest BCUT2D eigenvalue weighted by Gasteiger charge is 2.09. The van der Waals surface area contributed by atoms with Crippen LogP contribution in [-0.2, 0) is 10.8 Å². The van der Waals surface area contributed by atoms with E-state index in [0.29, 0.717) is 16.9 Å². The van der Waals surface area contributed by atoms with Crippen molar-refractivity contribution in [2.24, 2.45) is 0 Å². The molecule has 0 aliphatic rings. The number of nitrogens with zero attached hydrogens (tertiary/aromatic N) is 4. The molecule has 100 valence electrons. The van der Waals surface area contributed by atoms with E-state index < -0.39 is 10.8 Å².